The van der Waals surface area contributed by atoms with E-state index in [0.717, 1.165) is 49.8 Å². The highest BCUT2D eigenvalue weighted by Gasteiger charge is 2.43. The lowest BCUT2D eigenvalue weighted by atomic mass is 9.78. The summed E-state index contributed by atoms with van der Waals surface area (Å²) < 4.78 is 0. The molecule has 2 aliphatic carbocycles. The van der Waals surface area contributed by atoms with Gasteiger partial charge in [-0.25, -0.2) is 4.98 Å². The molecule has 0 atom stereocenters. The first-order chi connectivity index (χ1) is 12.1. The highest BCUT2D eigenvalue weighted by Crippen LogP contribution is 2.43. The summed E-state index contributed by atoms with van der Waals surface area (Å²) in [6.07, 6.45) is 5.95. The molecule has 4 nitrogen and oxygen atoms in total. The van der Waals surface area contributed by atoms with E-state index in [1.807, 2.05) is 24.3 Å². The van der Waals surface area contributed by atoms with E-state index in [1.165, 1.54) is 11.3 Å². The van der Waals surface area contributed by atoms with Gasteiger partial charge >= 0.3 is 0 Å². The van der Waals surface area contributed by atoms with Gasteiger partial charge in [0.2, 0.25) is 5.91 Å². The number of carbonyl (C=O) groups excluding carboxylic acids is 2. The summed E-state index contributed by atoms with van der Waals surface area (Å²) in [5.41, 5.74) is 1.31. The summed E-state index contributed by atoms with van der Waals surface area (Å²) >= 11 is 7.32. The molecule has 2 aliphatic rings. The number of nitrogens with zero attached hydrogens (tertiary/aromatic N) is 1. The molecule has 25 heavy (non-hydrogen) atoms. The SMILES string of the molecule is O=C1CCCc2nc(NC(=O)C3(c4ccc(Cl)cc4)CCCC3)sc21. The fourth-order valence-electron chi connectivity index (χ4n) is 3.93. The molecule has 0 saturated heterocycles. The lowest BCUT2D eigenvalue weighted by Crippen LogP contribution is -2.37. The minimum atomic E-state index is -0.527. The molecule has 6 heteroatoms. The van der Waals surface area contributed by atoms with Crippen molar-refractivity contribution in [1.82, 2.24) is 4.98 Å². The van der Waals surface area contributed by atoms with Gasteiger partial charge in [0, 0.05) is 11.4 Å². The van der Waals surface area contributed by atoms with Gasteiger partial charge in [0.15, 0.2) is 10.9 Å². The summed E-state index contributed by atoms with van der Waals surface area (Å²) in [7, 11) is 0. The molecule has 1 amide bonds. The molecular weight excluding hydrogens is 356 g/mol. The number of nitrogens with one attached hydrogen (secondary N) is 1. The summed E-state index contributed by atoms with van der Waals surface area (Å²) in [6.45, 7) is 0. The minimum Gasteiger partial charge on any atom is -0.301 e. The van der Waals surface area contributed by atoms with E-state index in [-0.39, 0.29) is 11.7 Å². The molecule has 1 fully saturated rings. The Morgan fingerprint density at radius 2 is 1.84 bits per heavy atom. The van der Waals surface area contributed by atoms with E-state index >= 15 is 0 Å². The Hall–Kier alpha value is -1.72. The predicted octanol–water partition coefficient (Wildman–Crippen LogP) is 4.77. The van der Waals surface area contributed by atoms with Gasteiger partial charge in [-0.1, -0.05) is 47.9 Å². The van der Waals surface area contributed by atoms with Crippen molar-refractivity contribution in [2.75, 3.05) is 5.32 Å². The molecule has 130 valence electrons. The van der Waals surface area contributed by atoms with Crippen molar-refractivity contribution in [3.63, 3.8) is 0 Å². The van der Waals surface area contributed by atoms with E-state index in [1.54, 1.807) is 0 Å². The average Bonchev–Trinajstić information content (AvgIpc) is 3.24. The van der Waals surface area contributed by atoms with Crippen molar-refractivity contribution in [1.29, 1.82) is 0 Å². The van der Waals surface area contributed by atoms with E-state index < -0.39 is 5.41 Å². The monoisotopic (exact) mass is 374 g/mol. The second kappa shape index (κ2) is 6.54. The number of fused-ring (bicyclic) bond motifs is 1. The molecule has 0 unspecified atom stereocenters. The molecule has 0 spiro atoms. The Kier molecular flexibility index (Phi) is 4.38. The number of amides is 1. The summed E-state index contributed by atoms with van der Waals surface area (Å²) in [5.74, 6) is 0.124. The van der Waals surface area contributed by atoms with Crippen LogP contribution in [0.15, 0.2) is 24.3 Å². The normalized spacial score (nSPS) is 18.8. The molecule has 1 aromatic heterocycles. The third-order valence-corrected chi connectivity index (χ3v) is 6.58. The van der Waals surface area contributed by atoms with Crippen LogP contribution in [0, 0.1) is 0 Å². The number of hydrogen-bond acceptors (Lipinski definition) is 4. The van der Waals surface area contributed by atoms with Crippen LogP contribution in [0.1, 0.15) is 59.5 Å². The maximum atomic E-state index is 13.2. The molecule has 1 saturated carbocycles. The summed E-state index contributed by atoms with van der Waals surface area (Å²) in [4.78, 5) is 30.4. The molecule has 0 radical (unpaired) electrons. The van der Waals surface area contributed by atoms with Crippen LogP contribution in [0.2, 0.25) is 5.02 Å². The first-order valence-electron chi connectivity index (χ1n) is 8.69. The number of aryl methyl sites for hydroxylation is 1. The third-order valence-electron chi connectivity index (χ3n) is 5.28. The van der Waals surface area contributed by atoms with Gasteiger partial charge in [-0.3, -0.25) is 9.59 Å². The molecule has 4 rings (SSSR count). The number of Topliss-reactive ketones (excluding diaryl/α,β-unsaturated/α-hetero) is 1. The Balaban J connectivity index is 1.62. The van der Waals surface area contributed by atoms with Gasteiger partial charge in [-0.05, 0) is 43.4 Å². The van der Waals surface area contributed by atoms with E-state index in [4.69, 9.17) is 11.6 Å². The van der Waals surface area contributed by atoms with Gasteiger partial charge in [0.25, 0.3) is 0 Å². The number of benzene rings is 1. The molecule has 1 N–H and O–H groups in total. The van der Waals surface area contributed by atoms with Crippen LogP contribution in [-0.4, -0.2) is 16.7 Å². The predicted molar refractivity (Wildman–Crippen MR) is 99.6 cm³/mol. The zero-order valence-corrected chi connectivity index (χ0v) is 15.4. The average molecular weight is 375 g/mol. The number of aromatic nitrogens is 1. The van der Waals surface area contributed by atoms with Crippen LogP contribution in [0.3, 0.4) is 0 Å². The second-order valence-corrected chi connectivity index (χ2v) is 8.26. The second-order valence-electron chi connectivity index (χ2n) is 6.82. The smallest absolute Gasteiger partial charge is 0.236 e. The van der Waals surface area contributed by atoms with Gasteiger partial charge < -0.3 is 5.32 Å². The van der Waals surface area contributed by atoms with Gasteiger partial charge in [-0.2, -0.15) is 0 Å². The summed E-state index contributed by atoms with van der Waals surface area (Å²) in [6, 6.07) is 7.57. The Morgan fingerprint density at radius 3 is 2.52 bits per heavy atom. The van der Waals surface area contributed by atoms with Crippen molar-refractivity contribution >= 4 is 39.8 Å². The van der Waals surface area contributed by atoms with Crippen molar-refractivity contribution in [2.24, 2.45) is 0 Å². The number of halogens is 1. The van der Waals surface area contributed by atoms with E-state index in [2.05, 4.69) is 10.3 Å². The number of carbonyl (C=O) groups is 2. The fraction of sp³-hybridized carbons (Fsp3) is 0.421. The van der Waals surface area contributed by atoms with Crippen LogP contribution in [-0.2, 0) is 16.6 Å². The Labute approximate surface area is 155 Å². The molecule has 0 aliphatic heterocycles. The van der Waals surface area contributed by atoms with Crippen LogP contribution < -0.4 is 5.32 Å². The number of ketones is 1. The highest BCUT2D eigenvalue weighted by molar-refractivity contribution is 7.17. The topological polar surface area (TPSA) is 59.1 Å². The standard InChI is InChI=1S/C19H19ClN2O2S/c20-13-8-6-12(7-9-13)19(10-1-2-11-19)17(24)22-18-21-14-4-3-5-15(23)16(14)25-18/h6-9H,1-5,10-11H2,(H,21,22,24). The number of thiazole rings is 1. The van der Waals surface area contributed by atoms with E-state index in [9.17, 15) is 9.59 Å². The van der Waals surface area contributed by atoms with Crippen LogP contribution in [0.25, 0.3) is 0 Å². The highest BCUT2D eigenvalue weighted by atomic mass is 35.5. The zero-order chi connectivity index (χ0) is 17.4. The third kappa shape index (κ3) is 3.00. The van der Waals surface area contributed by atoms with Crippen LogP contribution in [0.4, 0.5) is 5.13 Å². The summed E-state index contributed by atoms with van der Waals surface area (Å²) in [5, 5.41) is 4.22. The van der Waals surface area contributed by atoms with Crippen LogP contribution >= 0.6 is 22.9 Å². The first kappa shape index (κ1) is 16.7. The maximum Gasteiger partial charge on any atom is 0.236 e. The van der Waals surface area contributed by atoms with Gasteiger partial charge in [-0.15, -0.1) is 0 Å². The van der Waals surface area contributed by atoms with Crippen molar-refractivity contribution < 1.29 is 9.59 Å². The zero-order valence-electron chi connectivity index (χ0n) is 13.8. The fourth-order valence-corrected chi connectivity index (χ4v) is 5.03. The molecule has 1 heterocycles. The minimum absolute atomic E-state index is 0.0223. The Morgan fingerprint density at radius 1 is 1.12 bits per heavy atom. The van der Waals surface area contributed by atoms with Gasteiger partial charge in [0.1, 0.15) is 0 Å². The van der Waals surface area contributed by atoms with E-state index in [0.29, 0.717) is 21.5 Å². The molecular formula is C19H19ClN2O2S. The number of anilines is 1. The Bertz CT molecular complexity index is 822. The largest absolute Gasteiger partial charge is 0.301 e. The quantitative estimate of drug-likeness (QED) is 0.842. The lowest BCUT2D eigenvalue weighted by molar-refractivity contribution is -0.121. The van der Waals surface area contributed by atoms with Gasteiger partial charge in [0.05, 0.1) is 16.0 Å². The van der Waals surface area contributed by atoms with Crippen molar-refractivity contribution in [3.8, 4) is 0 Å². The molecule has 1 aromatic carbocycles. The molecule has 2 aromatic rings. The first-order valence-corrected chi connectivity index (χ1v) is 9.88. The number of hydrogen-bond donors (Lipinski definition) is 1. The number of rotatable bonds is 3. The van der Waals surface area contributed by atoms with Crippen molar-refractivity contribution in [3.05, 3.63) is 45.4 Å². The van der Waals surface area contributed by atoms with Crippen LogP contribution in [0.5, 0.6) is 0 Å². The van der Waals surface area contributed by atoms with Crippen molar-refractivity contribution in [2.45, 2.75) is 50.4 Å². The lowest BCUT2D eigenvalue weighted by Gasteiger charge is -2.27. The molecule has 0 bridgehead atoms. The maximum absolute atomic E-state index is 13.2.